The molecular formula is C20H19FN4OS. The highest BCUT2D eigenvalue weighted by Crippen LogP contribution is 2.31. The van der Waals surface area contributed by atoms with Gasteiger partial charge in [0.05, 0.1) is 16.8 Å². The summed E-state index contributed by atoms with van der Waals surface area (Å²) in [5, 5.41) is 0. The maximum Gasteiger partial charge on any atom is 0.238 e. The first-order chi connectivity index (χ1) is 13.1. The first-order valence-corrected chi connectivity index (χ1v) is 9.88. The maximum atomic E-state index is 13.0. The number of para-hydroxylation sites is 2. The first-order valence-electron chi connectivity index (χ1n) is 8.72. The van der Waals surface area contributed by atoms with E-state index in [1.54, 1.807) is 17.0 Å². The summed E-state index contributed by atoms with van der Waals surface area (Å²) in [5.74, 6) is 2.12. The Bertz CT molecular complexity index is 979. The average molecular weight is 382 g/mol. The fraction of sp³-hybridized carbons (Fsp3) is 0.250. The average Bonchev–Trinajstić information content (AvgIpc) is 2.68. The van der Waals surface area contributed by atoms with Gasteiger partial charge in [-0.25, -0.2) is 14.4 Å². The van der Waals surface area contributed by atoms with Crippen molar-refractivity contribution in [3.05, 3.63) is 59.9 Å². The van der Waals surface area contributed by atoms with Crippen molar-refractivity contribution in [3.8, 4) is 0 Å². The summed E-state index contributed by atoms with van der Waals surface area (Å²) in [7, 11) is 1.97. The molecule has 2 heterocycles. The molecule has 2 aromatic carbocycles. The highest BCUT2D eigenvalue weighted by Gasteiger charge is 2.28. The van der Waals surface area contributed by atoms with Gasteiger partial charge < -0.3 is 4.90 Å². The van der Waals surface area contributed by atoms with Crippen LogP contribution < -0.4 is 9.80 Å². The molecule has 1 aromatic heterocycles. The molecule has 0 bridgehead atoms. The summed E-state index contributed by atoms with van der Waals surface area (Å²) >= 11 is 1.52. The van der Waals surface area contributed by atoms with Crippen LogP contribution in [0.15, 0.2) is 48.5 Å². The van der Waals surface area contributed by atoms with E-state index in [1.165, 1.54) is 23.9 Å². The third-order valence-corrected chi connectivity index (χ3v) is 5.51. The number of thioether (sulfide) groups is 1. The molecule has 0 aliphatic carbocycles. The molecular weight excluding hydrogens is 363 g/mol. The van der Waals surface area contributed by atoms with Gasteiger partial charge in [-0.3, -0.25) is 9.69 Å². The normalized spacial score (nSPS) is 13.7. The quantitative estimate of drug-likeness (QED) is 0.691. The van der Waals surface area contributed by atoms with Crippen LogP contribution in [0.4, 0.5) is 16.0 Å². The Labute approximate surface area is 161 Å². The van der Waals surface area contributed by atoms with Crippen molar-refractivity contribution < 1.29 is 9.18 Å². The summed E-state index contributed by atoms with van der Waals surface area (Å²) in [5.41, 5.74) is 2.60. The van der Waals surface area contributed by atoms with Crippen molar-refractivity contribution in [2.45, 2.75) is 5.75 Å². The topological polar surface area (TPSA) is 49.3 Å². The predicted molar refractivity (Wildman–Crippen MR) is 108 cm³/mol. The van der Waals surface area contributed by atoms with Crippen molar-refractivity contribution in [1.82, 2.24) is 9.97 Å². The molecule has 1 aliphatic rings. The smallest absolute Gasteiger partial charge is 0.238 e. The summed E-state index contributed by atoms with van der Waals surface area (Å²) in [4.78, 5) is 26.0. The minimum absolute atomic E-state index is 0.0149. The number of carbonyl (C=O) groups excluding carboxylic acids is 1. The molecule has 3 aromatic rings. The van der Waals surface area contributed by atoms with Crippen LogP contribution in [0.1, 0.15) is 5.56 Å². The number of rotatable bonds is 4. The summed E-state index contributed by atoms with van der Waals surface area (Å²) in [6, 6.07) is 14.1. The van der Waals surface area contributed by atoms with Crippen LogP contribution in [0.2, 0.25) is 0 Å². The van der Waals surface area contributed by atoms with Gasteiger partial charge in [0.25, 0.3) is 0 Å². The fourth-order valence-electron chi connectivity index (χ4n) is 3.04. The Morgan fingerprint density at radius 1 is 1.04 bits per heavy atom. The molecule has 0 atom stereocenters. The first kappa shape index (κ1) is 17.7. The van der Waals surface area contributed by atoms with Crippen LogP contribution >= 0.6 is 11.8 Å². The molecule has 138 valence electrons. The molecule has 5 nitrogen and oxygen atoms in total. The van der Waals surface area contributed by atoms with Crippen molar-refractivity contribution in [2.24, 2.45) is 0 Å². The molecule has 0 radical (unpaired) electrons. The lowest BCUT2D eigenvalue weighted by atomic mass is 10.2. The maximum absolute atomic E-state index is 13.0. The Hall–Kier alpha value is -2.67. The largest absolute Gasteiger partial charge is 0.355 e. The number of fused-ring (bicyclic) bond motifs is 2. The lowest BCUT2D eigenvalue weighted by Gasteiger charge is -2.33. The molecule has 0 fully saturated rings. The van der Waals surface area contributed by atoms with Crippen LogP contribution in [-0.2, 0) is 10.5 Å². The van der Waals surface area contributed by atoms with Crippen molar-refractivity contribution in [3.63, 3.8) is 0 Å². The zero-order chi connectivity index (χ0) is 18.8. The number of aromatic nitrogens is 2. The van der Waals surface area contributed by atoms with E-state index in [9.17, 15) is 9.18 Å². The molecule has 0 unspecified atom stereocenters. The second kappa shape index (κ2) is 7.52. The number of likely N-dealkylation sites (N-methyl/N-ethyl adjacent to an activating group) is 1. The molecule has 0 saturated carbocycles. The molecule has 1 amide bonds. The molecule has 7 heteroatoms. The summed E-state index contributed by atoms with van der Waals surface area (Å²) in [6.45, 7) is 1.31. The molecule has 0 spiro atoms. The minimum atomic E-state index is -0.250. The van der Waals surface area contributed by atoms with E-state index in [2.05, 4.69) is 0 Å². The molecule has 0 saturated heterocycles. The SMILES string of the molecule is CN1CCN(C(=O)CSCc2ccc(F)cc2)c2nc3ccccc3nc21. The van der Waals surface area contributed by atoms with E-state index in [0.717, 1.165) is 22.4 Å². The van der Waals surface area contributed by atoms with Gasteiger partial charge in [0.2, 0.25) is 5.91 Å². The van der Waals surface area contributed by atoms with Gasteiger partial charge in [-0.2, -0.15) is 0 Å². The Balaban J connectivity index is 1.50. The van der Waals surface area contributed by atoms with Gasteiger partial charge in [0.15, 0.2) is 11.6 Å². The van der Waals surface area contributed by atoms with Crippen LogP contribution in [-0.4, -0.2) is 41.8 Å². The number of amides is 1. The van der Waals surface area contributed by atoms with E-state index in [0.29, 0.717) is 30.4 Å². The van der Waals surface area contributed by atoms with Gasteiger partial charge >= 0.3 is 0 Å². The van der Waals surface area contributed by atoms with Gasteiger partial charge in [-0.1, -0.05) is 24.3 Å². The van der Waals surface area contributed by atoms with Crippen LogP contribution in [0.3, 0.4) is 0 Å². The monoisotopic (exact) mass is 382 g/mol. The predicted octanol–water partition coefficient (Wildman–Crippen LogP) is 3.49. The van der Waals surface area contributed by atoms with E-state index in [4.69, 9.17) is 9.97 Å². The summed E-state index contributed by atoms with van der Waals surface area (Å²) < 4.78 is 13.0. The van der Waals surface area contributed by atoms with Gasteiger partial charge in [-0.05, 0) is 29.8 Å². The van der Waals surface area contributed by atoms with Crippen molar-refractivity contribution in [2.75, 3.05) is 35.7 Å². The summed E-state index contributed by atoms with van der Waals surface area (Å²) in [6.07, 6.45) is 0. The molecule has 4 rings (SSSR count). The lowest BCUT2D eigenvalue weighted by Crippen LogP contribution is -2.44. The highest BCUT2D eigenvalue weighted by atomic mass is 32.2. The molecule has 1 aliphatic heterocycles. The Kier molecular flexibility index (Phi) is 4.94. The number of benzene rings is 2. The zero-order valence-electron chi connectivity index (χ0n) is 14.9. The second-order valence-electron chi connectivity index (χ2n) is 6.45. The van der Waals surface area contributed by atoms with Crippen LogP contribution in [0.25, 0.3) is 11.0 Å². The highest BCUT2D eigenvalue weighted by molar-refractivity contribution is 7.99. The van der Waals surface area contributed by atoms with Crippen LogP contribution in [0.5, 0.6) is 0 Å². The molecule has 0 N–H and O–H groups in total. The number of halogens is 1. The fourth-order valence-corrected chi connectivity index (χ4v) is 3.90. The number of carbonyl (C=O) groups is 1. The standard InChI is InChI=1S/C20H19FN4OS/c1-24-10-11-25(18(26)13-27-12-14-6-8-15(21)9-7-14)20-19(24)22-16-4-2-3-5-17(16)23-20/h2-9H,10-13H2,1H3. The van der Waals surface area contributed by atoms with Crippen molar-refractivity contribution in [1.29, 1.82) is 0 Å². The van der Waals surface area contributed by atoms with E-state index in [-0.39, 0.29) is 11.7 Å². The number of anilines is 2. The van der Waals surface area contributed by atoms with Gasteiger partial charge in [-0.15, -0.1) is 11.8 Å². The number of hydrogen-bond donors (Lipinski definition) is 0. The zero-order valence-corrected chi connectivity index (χ0v) is 15.7. The Morgan fingerprint density at radius 2 is 1.70 bits per heavy atom. The van der Waals surface area contributed by atoms with E-state index >= 15 is 0 Å². The third-order valence-electron chi connectivity index (χ3n) is 4.52. The number of nitrogens with zero attached hydrogens (tertiary/aromatic N) is 4. The minimum Gasteiger partial charge on any atom is -0.355 e. The van der Waals surface area contributed by atoms with Crippen molar-refractivity contribution >= 4 is 40.3 Å². The Morgan fingerprint density at radius 3 is 2.41 bits per heavy atom. The van der Waals surface area contributed by atoms with Gasteiger partial charge in [0.1, 0.15) is 5.82 Å². The number of hydrogen-bond acceptors (Lipinski definition) is 5. The third kappa shape index (κ3) is 3.73. The molecule has 27 heavy (non-hydrogen) atoms. The van der Waals surface area contributed by atoms with Crippen LogP contribution in [0, 0.1) is 5.82 Å². The second-order valence-corrected chi connectivity index (χ2v) is 7.43. The van der Waals surface area contributed by atoms with E-state index in [1.807, 2.05) is 36.2 Å². The van der Waals surface area contributed by atoms with Gasteiger partial charge in [0, 0.05) is 25.9 Å². The lowest BCUT2D eigenvalue weighted by molar-refractivity contribution is -0.116. The van der Waals surface area contributed by atoms with E-state index < -0.39 is 0 Å².